The third kappa shape index (κ3) is 15.2. The van der Waals surface area contributed by atoms with Crippen molar-refractivity contribution in [2.45, 2.75) is 202 Å². The molecule has 6 aliphatic rings. The Morgan fingerprint density at radius 1 is 0.505 bits per heavy atom. The molecule has 3 saturated carbocycles. The van der Waals surface area contributed by atoms with E-state index in [4.69, 9.17) is 43.7 Å². The van der Waals surface area contributed by atoms with Crippen LogP contribution in [0.1, 0.15) is 178 Å². The molecule has 3 aliphatic carbocycles. The van der Waals surface area contributed by atoms with Gasteiger partial charge >= 0.3 is 0 Å². The Morgan fingerprint density at radius 3 is 1.11 bits per heavy atom. The molecule has 15 rings (SSSR count). The Morgan fingerprint density at radius 2 is 0.828 bits per heavy atom. The number of hydrogen-bond donors (Lipinski definition) is 6. The molecule has 0 radical (unpaired) electrons. The van der Waals surface area contributed by atoms with Crippen molar-refractivity contribution in [2.24, 2.45) is 0 Å². The predicted octanol–water partition coefficient (Wildman–Crippen LogP) is 9.79. The molecule has 28 heteroatoms. The molecule has 0 aromatic carbocycles. The van der Waals surface area contributed by atoms with E-state index < -0.39 is 23.0 Å². The lowest BCUT2D eigenvalue weighted by molar-refractivity contribution is -0.0341. The highest BCUT2D eigenvalue weighted by Crippen LogP contribution is 2.46. The highest BCUT2D eigenvalue weighted by molar-refractivity contribution is 5.83. The molecule has 6 atom stereocenters. The SMILES string of the molecule is CCC1(O)CCC(c2cc(-c3cnn(C4COC4)c3)c3cnc(N[C@@H](C)COC)nn23)CC1.CCC1(O)CCC(c2cc(-c3cnn(C4COC4)c3)c3cnc(N[C@@H](C)COC)nn23)CC1.COC[C@H](C)Nc1ncc2c(-c3cnn(C4COC4)c3)cc([C@H]3CC[C@H](O)C(C)(F)C3)n2n1. The van der Waals surface area contributed by atoms with Crippen LogP contribution in [-0.2, 0) is 28.4 Å². The molecular formula is C71H99FN18O9. The van der Waals surface area contributed by atoms with Crippen molar-refractivity contribution in [1.29, 1.82) is 0 Å². The molecule has 0 spiro atoms. The maximum atomic E-state index is 15.1. The number of alkyl halides is 1. The van der Waals surface area contributed by atoms with Crippen molar-refractivity contribution < 1.29 is 48.1 Å². The van der Waals surface area contributed by atoms with E-state index >= 15 is 4.39 Å². The molecule has 0 amide bonds. The van der Waals surface area contributed by atoms with Crippen molar-refractivity contribution in [3.8, 4) is 33.4 Å². The smallest absolute Gasteiger partial charge is 0.241 e. The molecule has 0 bridgehead atoms. The molecule has 3 aliphatic heterocycles. The summed E-state index contributed by atoms with van der Waals surface area (Å²) in [6.45, 7) is 17.6. The van der Waals surface area contributed by atoms with Crippen LogP contribution in [0.25, 0.3) is 49.9 Å². The summed E-state index contributed by atoms with van der Waals surface area (Å²) in [6, 6.07) is 7.67. The van der Waals surface area contributed by atoms with Gasteiger partial charge in [-0.2, -0.15) is 15.3 Å². The summed E-state index contributed by atoms with van der Waals surface area (Å²) in [4.78, 5) is 13.7. The first-order valence-electron chi connectivity index (χ1n) is 35.5. The fourth-order valence-corrected chi connectivity index (χ4v) is 14.7. The van der Waals surface area contributed by atoms with Crippen LogP contribution < -0.4 is 16.0 Å². The van der Waals surface area contributed by atoms with E-state index in [0.717, 1.165) is 120 Å². The maximum absolute atomic E-state index is 15.1. The van der Waals surface area contributed by atoms with E-state index in [0.29, 0.717) is 114 Å². The van der Waals surface area contributed by atoms with Crippen LogP contribution in [-0.4, -0.2) is 210 Å². The number of rotatable bonds is 23. The van der Waals surface area contributed by atoms with E-state index in [1.807, 2.05) is 85.5 Å². The zero-order valence-corrected chi connectivity index (χ0v) is 58.6. The second-order valence-corrected chi connectivity index (χ2v) is 28.8. The average Bonchev–Trinajstić information content (AvgIpc) is 1.63. The van der Waals surface area contributed by atoms with Crippen LogP contribution in [0.3, 0.4) is 0 Å². The number of anilines is 3. The molecule has 27 nitrogen and oxygen atoms in total. The minimum absolute atomic E-state index is 0.0350. The number of aromatic nitrogens is 15. The van der Waals surface area contributed by atoms with Gasteiger partial charge in [-0.1, -0.05) is 13.8 Å². The molecule has 6 N–H and O–H groups in total. The molecule has 6 fully saturated rings. The first-order valence-corrected chi connectivity index (χ1v) is 35.5. The van der Waals surface area contributed by atoms with Gasteiger partial charge in [-0.05, 0) is 129 Å². The second kappa shape index (κ2) is 30.0. The van der Waals surface area contributed by atoms with Gasteiger partial charge in [0.05, 0.1) is 149 Å². The summed E-state index contributed by atoms with van der Waals surface area (Å²) in [5.41, 5.74) is 9.54. The second-order valence-electron chi connectivity index (χ2n) is 28.8. The maximum Gasteiger partial charge on any atom is 0.241 e. The van der Waals surface area contributed by atoms with E-state index in [1.165, 1.54) is 18.3 Å². The number of hydrogen-bond acceptors (Lipinski definition) is 21. The molecule has 3 saturated heterocycles. The van der Waals surface area contributed by atoms with Gasteiger partial charge < -0.3 is 59.7 Å². The summed E-state index contributed by atoms with van der Waals surface area (Å²) < 4.78 is 58.6. The minimum Gasteiger partial charge on any atom is -0.390 e. The van der Waals surface area contributed by atoms with Crippen molar-refractivity contribution in [3.05, 3.63) is 91.1 Å². The first-order chi connectivity index (χ1) is 47.8. The quantitative estimate of drug-likeness (QED) is 0.0347. The molecule has 12 heterocycles. The number of nitrogens with one attached hydrogen (secondary N) is 3. The number of ether oxygens (including phenoxy) is 6. The van der Waals surface area contributed by atoms with Gasteiger partial charge in [0.2, 0.25) is 17.8 Å². The molecular weight excluding hydrogens is 1270 g/mol. The lowest BCUT2D eigenvalue weighted by Gasteiger charge is -2.36. The Labute approximate surface area is 576 Å². The highest BCUT2D eigenvalue weighted by atomic mass is 19.1. The normalized spacial score (nSPS) is 25.4. The highest BCUT2D eigenvalue weighted by Gasteiger charge is 2.42. The number of fused-ring (bicyclic) bond motifs is 3. The number of halogens is 1. The zero-order chi connectivity index (χ0) is 69.2. The summed E-state index contributed by atoms with van der Waals surface area (Å²) in [5, 5.41) is 69.7. The molecule has 534 valence electrons. The van der Waals surface area contributed by atoms with Crippen LogP contribution in [0, 0.1) is 0 Å². The van der Waals surface area contributed by atoms with E-state index in [2.05, 4.69) is 90.6 Å². The number of nitrogens with zero attached hydrogens (tertiary/aromatic N) is 15. The average molecular weight is 1370 g/mol. The van der Waals surface area contributed by atoms with Crippen molar-refractivity contribution in [2.75, 3.05) is 96.7 Å². The third-order valence-corrected chi connectivity index (χ3v) is 21.3. The van der Waals surface area contributed by atoms with Crippen molar-refractivity contribution >= 4 is 34.4 Å². The zero-order valence-electron chi connectivity index (χ0n) is 58.6. The third-order valence-electron chi connectivity index (χ3n) is 21.3. The summed E-state index contributed by atoms with van der Waals surface area (Å²) >= 11 is 0. The van der Waals surface area contributed by atoms with Crippen LogP contribution >= 0.6 is 0 Å². The van der Waals surface area contributed by atoms with Gasteiger partial charge in [0.25, 0.3) is 0 Å². The largest absolute Gasteiger partial charge is 0.390 e. The van der Waals surface area contributed by atoms with Crippen LogP contribution in [0.15, 0.2) is 74.0 Å². The Bertz CT molecular complexity index is 3980. The number of aliphatic hydroxyl groups is 3. The van der Waals surface area contributed by atoms with Crippen LogP contribution in [0.5, 0.6) is 0 Å². The lowest BCUT2D eigenvalue weighted by Crippen LogP contribution is -2.40. The Hall–Kier alpha value is -7.54. The summed E-state index contributed by atoms with van der Waals surface area (Å²) in [6.07, 6.45) is 26.5. The van der Waals surface area contributed by atoms with Crippen molar-refractivity contribution in [1.82, 2.24) is 73.1 Å². The monoisotopic (exact) mass is 1370 g/mol. The van der Waals surface area contributed by atoms with Gasteiger partial charge in [-0.3, -0.25) is 14.0 Å². The van der Waals surface area contributed by atoms with Crippen LogP contribution in [0.2, 0.25) is 0 Å². The number of aliphatic hydroxyl groups excluding tert-OH is 1. The predicted molar refractivity (Wildman–Crippen MR) is 372 cm³/mol. The van der Waals surface area contributed by atoms with Gasteiger partial charge in [0.1, 0.15) is 5.67 Å². The fourth-order valence-electron chi connectivity index (χ4n) is 14.7. The summed E-state index contributed by atoms with van der Waals surface area (Å²) in [7, 11) is 5.03. The Balaban J connectivity index is 0.000000133. The Kier molecular flexibility index (Phi) is 21.2. The first kappa shape index (κ1) is 69.9. The van der Waals surface area contributed by atoms with Gasteiger partial charge in [0.15, 0.2) is 0 Å². The summed E-state index contributed by atoms with van der Waals surface area (Å²) in [5.74, 6) is 2.26. The van der Waals surface area contributed by atoms with E-state index in [-0.39, 0.29) is 36.5 Å². The minimum atomic E-state index is -1.64. The molecule has 9 aromatic rings. The van der Waals surface area contributed by atoms with Crippen LogP contribution in [0.4, 0.5) is 22.2 Å². The number of methoxy groups -OCH3 is 3. The van der Waals surface area contributed by atoms with E-state index in [1.54, 1.807) is 27.5 Å². The van der Waals surface area contributed by atoms with Gasteiger partial charge in [-0.15, -0.1) is 15.3 Å². The van der Waals surface area contributed by atoms with Gasteiger partial charge in [-0.25, -0.2) is 32.9 Å². The molecule has 99 heavy (non-hydrogen) atoms. The van der Waals surface area contributed by atoms with E-state index in [9.17, 15) is 15.3 Å². The van der Waals surface area contributed by atoms with Gasteiger partial charge in [0, 0.05) is 126 Å². The van der Waals surface area contributed by atoms with Crippen molar-refractivity contribution in [3.63, 3.8) is 0 Å². The topological polar surface area (TPSA) is 296 Å². The fraction of sp³-hybridized carbons (Fsp3) is 0.620. The lowest BCUT2D eigenvalue weighted by atomic mass is 9.76. The molecule has 9 aromatic heterocycles. The molecule has 1 unspecified atom stereocenters. The standard InChI is InChI=1S/2C24H34N6O3.C23H31FN6O3/c2*1-4-24(31)7-5-17(6-8-24)21-9-20(18-10-26-29(12-18)19-14-33-15-19)22-11-25-23(28-30(21)22)27-16(2)13-32-3;1-14(11-32-3)27-22-25-9-20-18(16-8-26-29(10-16)17-12-33-13-17)6-19(30(20)28-22)15-4-5-21(31)23(2,24)7-15/h2*9-12,16-17,19,31H,4-8,13-15H2,1-3H3,(H,27,28);6,8-10,14-15,17,21,31H,4-5,7,11-13H2,1-3H3,(H,27,28)/t2*16-,17?,24?;14-,15-,21-,23?/m000/s1.